The van der Waals surface area contributed by atoms with Gasteiger partial charge in [-0.2, -0.15) is 0 Å². The van der Waals surface area contributed by atoms with Crippen LogP contribution in [0.15, 0.2) is 109 Å². The molecule has 0 N–H and O–H groups in total. The molecule has 0 bridgehead atoms. The van der Waals surface area contributed by atoms with Crippen molar-refractivity contribution in [2.45, 2.75) is 245 Å². The molecule has 0 aromatic carbocycles. The molecule has 0 aromatic rings. The Labute approximate surface area is 412 Å². The van der Waals surface area contributed by atoms with Crippen LogP contribution in [0.4, 0.5) is 0 Å². The zero-order valence-electron chi connectivity index (χ0n) is 43.4. The highest BCUT2D eigenvalue weighted by molar-refractivity contribution is 5.71. The highest BCUT2D eigenvalue weighted by Crippen LogP contribution is 2.14. The predicted octanol–water partition coefficient (Wildman–Crippen LogP) is 18.3. The van der Waals surface area contributed by atoms with Gasteiger partial charge in [0.1, 0.15) is 13.2 Å². The highest BCUT2D eigenvalue weighted by atomic mass is 16.6. The van der Waals surface area contributed by atoms with E-state index in [9.17, 15) is 14.4 Å². The minimum absolute atomic E-state index is 0.0975. The summed E-state index contributed by atoms with van der Waals surface area (Å²) in [6, 6.07) is 0. The standard InChI is InChI=1S/C61H100O6/c1-4-7-10-13-16-19-22-25-27-29-30-32-33-36-39-42-45-48-51-54-60(63)66-57-58(56-65-59(62)53-50-47-44-41-38-35-24-21-18-15-12-9-6-3)67-61(64)55-52-49-46-43-40-37-34-31-28-26-23-20-17-14-11-8-5-2/h7,9-10,12,15-21,24-28,30,32,58H,4-6,8,11,13-14,22-23,29,31,33-57H2,1-3H3/b10-7-,12-9-,18-15-,19-16-,20-17-,24-21-,27-25-,28-26-,32-30-. The summed E-state index contributed by atoms with van der Waals surface area (Å²) < 4.78 is 16.8. The minimum Gasteiger partial charge on any atom is -0.462 e. The molecule has 0 fully saturated rings. The van der Waals surface area contributed by atoms with Crippen molar-refractivity contribution in [1.29, 1.82) is 0 Å². The SMILES string of the molecule is CC\C=C/C=C\C=C/CCCCCCCC(=O)OCC(COC(=O)CCCCCCCC/C=C\C/C=C\C/C=C\C/C=C\CC)OC(=O)CCCCCCCCC/C=C\C/C=C\CCCCC. The van der Waals surface area contributed by atoms with E-state index in [0.717, 1.165) is 135 Å². The Morgan fingerprint density at radius 2 is 0.657 bits per heavy atom. The maximum atomic E-state index is 12.8. The lowest BCUT2D eigenvalue weighted by Gasteiger charge is -2.18. The van der Waals surface area contributed by atoms with Crippen LogP contribution in [-0.2, 0) is 28.6 Å². The van der Waals surface area contributed by atoms with Crippen LogP contribution in [0.1, 0.15) is 239 Å². The van der Waals surface area contributed by atoms with Gasteiger partial charge in [0.25, 0.3) is 0 Å². The average molecular weight is 929 g/mol. The molecule has 0 saturated carbocycles. The minimum atomic E-state index is -0.799. The summed E-state index contributed by atoms with van der Waals surface area (Å²) >= 11 is 0. The Balaban J connectivity index is 4.45. The number of rotatable bonds is 48. The summed E-state index contributed by atoms with van der Waals surface area (Å²) in [6.07, 6.45) is 73.5. The molecule has 0 saturated heterocycles. The van der Waals surface area contributed by atoms with Gasteiger partial charge in [-0.25, -0.2) is 0 Å². The van der Waals surface area contributed by atoms with E-state index >= 15 is 0 Å². The molecular weight excluding hydrogens is 829 g/mol. The molecule has 67 heavy (non-hydrogen) atoms. The Hall–Kier alpha value is -3.93. The Kier molecular flexibility index (Phi) is 51.5. The van der Waals surface area contributed by atoms with E-state index in [4.69, 9.17) is 14.2 Å². The number of ether oxygens (including phenoxy) is 3. The number of esters is 3. The van der Waals surface area contributed by atoms with E-state index in [1.807, 2.05) is 0 Å². The molecule has 0 radical (unpaired) electrons. The Bertz CT molecular complexity index is 1390. The van der Waals surface area contributed by atoms with Crippen LogP contribution in [0.25, 0.3) is 0 Å². The maximum absolute atomic E-state index is 12.8. The lowest BCUT2D eigenvalue weighted by atomic mass is 10.1. The van der Waals surface area contributed by atoms with Crippen LogP contribution in [0, 0.1) is 0 Å². The number of allylic oxidation sites excluding steroid dienone is 18. The summed E-state index contributed by atoms with van der Waals surface area (Å²) in [5.74, 6) is -0.941. The van der Waals surface area contributed by atoms with E-state index in [0.29, 0.717) is 19.3 Å². The number of carbonyl (C=O) groups is 3. The van der Waals surface area contributed by atoms with Crippen molar-refractivity contribution >= 4 is 17.9 Å². The van der Waals surface area contributed by atoms with Crippen molar-refractivity contribution in [1.82, 2.24) is 0 Å². The third kappa shape index (κ3) is 52.9. The molecule has 380 valence electrons. The first kappa shape index (κ1) is 63.1. The molecule has 6 nitrogen and oxygen atoms in total. The van der Waals surface area contributed by atoms with Crippen molar-refractivity contribution in [2.24, 2.45) is 0 Å². The van der Waals surface area contributed by atoms with E-state index in [1.54, 1.807) is 0 Å². The molecule has 0 rings (SSSR count). The van der Waals surface area contributed by atoms with Gasteiger partial charge in [0, 0.05) is 19.3 Å². The Morgan fingerprint density at radius 3 is 1.07 bits per heavy atom. The average Bonchev–Trinajstić information content (AvgIpc) is 3.33. The van der Waals surface area contributed by atoms with Crippen molar-refractivity contribution in [2.75, 3.05) is 13.2 Å². The second kappa shape index (κ2) is 54.7. The summed E-state index contributed by atoms with van der Waals surface area (Å²) in [6.45, 7) is 6.33. The normalized spacial score (nSPS) is 12.9. The van der Waals surface area contributed by atoms with Crippen molar-refractivity contribution in [3.8, 4) is 0 Å². The van der Waals surface area contributed by atoms with E-state index in [1.165, 1.54) is 64.2 Å². The number of hydrogen-bond donors (Lipinski definition) is 0. The van der Waals surface area contributed by atoms with Crippen molar-refractivity contribution < 1.29 is 28.6 Å². The molecule has 0 aliphatic carbocycles. The smallest absolute Gasteiger partial charge is 0.306 e. The summed E-state index contributed by atoms with van der Waals surface area (Å²) in [5.41, 5.74) is 0. The van der Waals surface area contributed by atoms with Crippen LogP contribution in [0.5, 0.6) is 0 Å². The van der Waals surface area contributed by atoms with Gasteiger partial charge < -0.3 is 14.2 Å². The fourth-order valence-corrected chi connectivity index (χ4v) is 7.23. The molecule has 0 spiro atoms. The van der Waals surface area contributed by atoms with Gasteiger partial charge in [-0.15, -0.1) is 0 Å². The van der Waals surface area contributed by atoms with Crippen molar-refractivity contribution in [3.63, 3.8) is 0 Å². The van der Waals surface area contributed by atoms with Gasteiger partial charge >= 0.3 is 17.9 Å². The third-order valence-corrected chi connectivity index (χ3v) is 11.3. The zero-order valence-corrected chi connectivity index (χ0v) is 43.4. The van der Waals surface area contributed by atoms with Gasteiger partial charge in [-0.05, 0) is 109 Å². The van der Waals surface area contributed by atoms with Crippen LogP contribution in [0.2, 0.25) is 0 Å². The molecule has 0 amide bonds. The topological polar surface area (TPSA) is 78.9 Å². The largest absolute Gasteiger partial charge is 0.462 e. The van der Waals surface area contributed by atoms with Gasteiger partial charge in [0.05, 0.1) is 0 Å². The second-order valence-electron chi connectivity index (χ2n) is 17.8. The molecule has 0 aliphatic rings. The van der Waals surface area contributed by atoms with Gasteiger partial charge in [-0.3, -0.25) is 14.4 Å². The van der Waals surface area contributed by atoms with Crippen LogP contribution in [-0.4, -0.2) is 37.2 Å². The first-order chi connectivity index (χ1) is 33.0. The molecule has 0 aromatic heterocycles. The molecule has 1 atom stereocenters. The second-order valence-corrected chi connectivity index (χ2v) is 17.8. The summed E-state index contributed by atoms with van der Waals surface area (Å²) in [4.78, 5) is 38.1. The number of hydrogen-bond acceptors (Lipinski definition) is 6. The van der Waals surface area contributed by atoms with E-state index in [-0.39, 0.29) is 31.1 Å². The summed E-state index contributed by atoms with van der Waals surface area (Å²) in [5, 5.41) is 0. The molecule has 0 aliphatic heterocycles. The highest BCUT2D eigenvalue weighted by Gasteiger charge is 2.19. The summed E-state index contributed by atoms with van der Waals surface area (Å²) in [7, 11) is 0. The van der Waals surface area contributed by atoms with Crippen LogP contribution < -0.4 is 0 Å². The van der Waals surface area contributed by atoms with E-state index in [2.05, 4.69) is 130 Å². The molecular formula is C61H100O6. The molecule has 1 unspecified atom stereocenters. The van der Waals surface area contributed by atoms with Crippen LogP contribution >= 0.6 is 0 Å². The third-order valence-electron chi connectivity index (χ3n) is 11.3. The van der Waals surface area contributed by atoms with Gasteiger partial charge in [0.2, 0.25) is 0 Å². The lowest BCUT2D eigenvalue weighted by Crippen LogP contribution is -2.30. The predicted molar refractivity (Wildman–Crippen MR) is 288 cm³/mol. The lowest BCUT2D eigenvalue weighted by molar-refractivity contribution is -0.167. The van der Waals surface area contributed by atoms with Crippen molar-refractivity contribution in [3.05, 3.63) is 109 Å². The first-order valence-corrected chi connectivity index (χ1v) is 27.4. The quantitative estimate of drug-likeness (QED) is 0.0199. The number of unbranched alkanes of at least 4 members (excludes halogenated alkanes) is 21. The van der Waals surface area contributed by atoms with Crippen LogP contribution in [0.3, 0.4) is 0 Å². The van der Waals surface area contributed by atoms with Gasteiger partial charge in [0.15, 0.2) is 6.10 Å². The maximum Gasteiger partial charge on any atom is 0.306 e. The molecule has 0 heterocycles. The van der Waals surface area contributed by atoms with E-state index < -0.39 is 6.10 Å². The zero-order chi connectivity index (χ0) is 48.6. The first-order valence-electron chi connectivity index (χ1n) is 27.4. The fraction of sp³-hybridized carbons (Fsp3) is 0.656. The molecule has 6 heteroatoms. The monoisotopic (exact) mass is 929 g/mol. The fourth-order valence-electron chi connectivity index (χ4n) is 7.23. The van der Waals surface area contributed by atoms with Gasteiger partial charge in [-0.1, -0.05) is 220 Å². The Morgan fingerprint density at radius 1 is 0.328 bits per heavy atom. The number of carbonyl (C=O) groups excluding carboxylic acids is 3.